The van der Waals surface area contributed by atoms with Gasteiger partial charge in [0.05, 0.1) is 11.4 Å². The van der Waals surface area contributed by atoms with E-state index in [1.54, 1.807) is 78.9 Å². The first-order valence-electron chi connectivity index (χ1n) is 12.7. The maximum atomic E-state index is 13.5. The van der Waals surface area contributed by atoms with Gasteiger partial charge in [0.2, 0.25) is 11.0 Å². The molecule has 9 nitrogen and oxygen atoms in total. The van der Waals surface area contributed by atoms with Crippen molar-refractivity contribution in [3.05, 3.63) is 120 Å². The number of aliphatic imine (C=N–C) groups is 1. The number of hydrazine groups is 1. The maximum Gasteiger partial charge on any atom is 0.270 e. The largest absolute Gasteiger partial charge is 0.507 e. The Bertz CT molecular complexity index is 1610. The van der Waals surface area contributed by atoms with Crippen molar-refractivity contribution in [1.29, 1.82) is 0 Å². The first-order valence-corrected chi connectivity index (χ1v) is 13.1. The van der Waals surface area contributed by atoms with Crippen LogP contribution in [0.15, 0.2) is 114 Å². The van der Waals surface area contributed by atoms with E-state index in [0.29, 0.717) is 16.9 Å². The van der Waals surface area contributed by atoms with E-state index in [9.17, 15) is 19.5 Å². The van der Waals surface area contributed by atoms with Crippen molar-refractivity contribution >= 4 is 58.3 Å². The molecule has 10 heteroatoms. The number of phenolic OH excluding ortho intramolecular Hbond substituents is 1. The van der Waals surface area contributed by atoms with Gasteiger partial charge in [0.25, 0.3) is 11.8 Å². The number of para-hydroxylation sites is 3. The molecular formula is C31H25N5O4S. The van der Waals surface area contributed by atoms with Gasteiger partial charge in [0.1, 0.15) is 11.7 Å². The number of benzene rings is 4. The van der Waals surface area contributed by atoms with Crippen molar-refractivity contribution in [2.75, 3.05) is 16.8 Å². The van der Waals surface area contributed by atoms with Crippen LogP contribution in [0.2, 0.25) is 0 Å². The summed E-state index contributed by atoms with van der Waals surface area (Å²) in [6, 6.07) is 31.1. The van der Waals surface area contributed by atoms with Gasteiger partial charge in [0, 0.05) is 29.6 Å². The number of hydrogen-bond acceptors (Lipinski definition) is 7. The smallest absolute Gasteiger partial charge is 0.270 e. The third kappa shape index (κ3) is 6.13. The minimum absolute atomic E-state index is 0.00364. The molecule has 1 aliphatic heterocycles. The molecule has 5 rings (SSSR count). The van der Waals surface area contributed by atoms with E-state index in [1.165, 1.54) is 11.1 Å². The molecule has 1 unspecified atom stereocenters. The number of anilines is 2. The van der Waals surface area contributed by atoms with Gasteiger partial charge in [-0.05, 0) is 72.9 Å². The van der Waals surface area contributed by atoms with Gasteiger partial charge in [-0.3, -0.25) is 29.7 Å². The van der Waals surface area contributed by atoms with Crippen LogP contribution in [0.1, 0.15) is 15.9 Å². The Labute approximate surface area is 241 Å². The van der Waals surface area contributed by atoms with E-state index in [4.69, 9.17) is 12.2 Å². The summed E-state index contributed by atoms with van der Waals surface area (Å²) in [6.45, 7) is 0.00364. The van der Waals surface area contributed by atoms with Crippen LogP contribution in [0.25, 0.3) is 0 Å². The van der Waals surface area contributed by atoms with Crippen LogP contribution in [-0.4, -0.2) is 45.7 Å². The number of carbonyl (C=O) groups excluding carboxylic acids is 3. The van der Waals surface area contributed by atoms with E-state index in [1.807, 2.05) is 30.3 Å². The molecule has 1 fully saturated rings. The van der Waals surface area contributed by atoms with E-state index in [2.05, 4.69) is 15.7 Å². The predicted molar refractivity (Wildman–Crippen MR) is 161 cm³/mol. The molecule has 0 spiro atoms. The lowest BCUT2D eigenvalue weighted by Crippen LogP contribution is -2.65. The topological polar surface area (TPSA) is 114 Å². The minimum Gasteiger partial charge on any atom is -0.507 e. The van der Waals surface area contributed by atoms with Crippen LogP contribution in [0, 0.1) is 5.92 Å². The molecule has 0 aromatic heterocycles. The lowest BCUT2D eigenvalue weighted by Gasteiger charge is -2.39. The number of phenols is 1. The molecule has 3 amide bonds. The minimum atomic E-state index is -1.14. The molecule has 1 aliphatic rings. The number of amides is 3. The molecule has 204 valence electrons. The average Bonchev–Trinajstić information content (AvgIpc) is 3.00. The fraction of sp³-hybridized carbons (Fsp3) is 0.0645. The summed E-state index contributed by atoms with van der Waals surface area (Å²) in [5, 5.41) is 13.8. The first kappa shape index (κ1) is 27.2. The highest BCUT2D eigenvalue weighted by Gasteiger charge is 2.45. The zero-order chi connectivity index (χ0) is 28.8. The average molecular weight is 564 g/mol. The summed E-state index contributed by atoms with van der Waals surface area (Å²) in [7, 11) is 0. The van der Waals surface area contributed by atoms with Crippen molar-refractivity contribution in [3.8, 4) is 5.75 Å². The standard InChI is InChI=1S/C31H25N5O4S/c37-27-14-8-7-9-22(27)19-32-24-17-15-21(16-18-24)28(38)34-36-30(40)26(20-33-23-10-3-1-4-11-23)29(39)35(31(36)41)25-12-5-2-6-13-25/h1-19,26,33,37H,20H2,(H,34,38). The second kappa shape index (κ2) is 12.2. The summed E-state index contributed by atoms with van der Waals surface area (Å²) in [5.41, 5.74) is 5.17. The van der Waals surface area contributed by atoms with Crippen LogP contribution < -0.4 is 15.6 Å². The molecule has 1 saturated heterocycles. The molecule has 4 aromatic carbocycles. The second-order valence-electron chi connectivity index (χ2n) is 9.07. The van der Waals surface area contributed by atoms with Crippen LogP contribution in [0.5, 0.6) is 5.75 Å². The van der Waals surface area contributed by atoms with Gasteiger partial charge in [0.15, 0.2) is 0 Å². The first-order chi connectivity index (χ1) is 19.9. The number of thiocarbonyl (C=S) groups is 1. The van der Waals surface area contributed by atoms with Crippen molar-refractivity contribution < 1.29 is 19.5 Å². The summed E-state index contributed by atoms with van der Waals surface area (Å²) in [4.78, 5) is 45.8. The summed E-state index contributed by atoms with van der Waals surface area (Å²) in [5.74, 6) is -2.77. The fourth-order valence-corrected chi connectivity index (χ4v) is 4.51. The number of nitrogens with one attached hydrogen (secondary N) is 2. The highest BCUT2D eigenvalue weighted by molar-refractivity contribution is 7.80. The van der Waals surface area contributed by atoms with Gasteiger partial charge < -0.3 is 10.4 Å². The Morgan fingerprint density at radius 1 is 0.854 bits per heavy atom. The Balaban J connectivity index is 1.35. The Morgan fingerprint density at radius 2 is 1.49 bits per heavy atom. The number of hydrogen-bond donors (Lipinski definition) is 3. The van der Waals surface area contributed by atoms with Crippen LogP contribution >= 0.6 is 12.2 Å². The maximum absolute atomic E-state index is 13.5. The highest BCUT2D eigenvalue weighted by atomic mass is 32.1. The molecule has 0 radical (unpaired) electrons. The van der Waals surface area contributed by atoms with Gasteiger partial charge in [-0.2, -0.15) is 5.01 Å². The van der Waals surface area contributed by atoms with E-state index < -0.39 is 23.6 Å². The third-order valence-electron chi connectivity index (χ3n) is 6.35. The van der Waals surface area contributed by atoms with E-state index in [0.717, 1.165) is 10.7 Å². The summed E-state index contributed by atoms with van der Waals surface area (Å²) >= 11 is 5.53. The molecule has 0 bridgehead atoms. The molecule has 0 saturated carbocycles. The van der Waals surface area contributed by atoms with Crippen molar-refractivity contribution in [1.82, 2.24) is 10.4 Å². The lowest BCUT2D eigenvalue weighted by atomic mass is 10.0. The van der Waals surface area contributed by atoms with Crippen molar-refractivity contribution in [3.63, 3.8) is 0 Å². The Morgan fingerprint density at radius 3 is 2.17 bits per heavy atom. The molecular weight excluding hydrogens is 538 g/mol. The highest BCUT2D eigenvalue weighted by Crippen LogP contribution is 2.25. The molecule has 41 heavy (non-hydrogen) atoms. The number of nitrogens with zero attached hydrogens (tertiary/aromatic N) is 3. The number of aromatic hydroxyl groups is 1. The monoisotopic (exact) mass is 563 g/mol. The van der Waals surface area contributed by atoms with Crippen LogP contribution in [-0.2, 0) is 9.59 Å². The molecule has 1 atom stereocenters. The fourth-order valence-electron chi connectivity index (χ4n) is 4.18. The third-order valence-corrected chi connectivity index (χ3v) is 6.72. The lowest BCUT2D eigenvalue weighted by molar-refractivity contribution is -0.140. The zero-order valence-electron chi connectivity index (χ0n) is 21.7. The van der Waals surface area contributed by atoms with Crippen LogP contribution in [0.3, 0.4) is 0 Å². The summed E-state index contributed by atoms with van der Waals surface area (Å²) in [6.07, 6.45) is 1.52. The molecule has 1 heterocycles. The van der Waals surface area contributed by atoms with Gasteiger partial charge in [-0.25, -0.2) is 0 Å². The Kier molecular flexibility index (Phi) is 8.12. The molecule has 4 aromatic rings. The van der Waals surface area contributed by atoms with Gasteiger partial charge in [-0.15, -0.1) is 0 Å². The molecule has 3 N–H and O–H groups in total. The van der Waals surface area contributed by atoms with Crippen LogP contribution in [0.4, 0.5) is 17.1 Å². The van der Waals surface area contributed by atoms with Gasteiger partial charge in [-0.1, -0.05) is 48.5 Å². The van der Waals surface area contributed by atoms with E-state index >= 15 is 0 Å². The zero-order valence-corrected chi connectivity index (χ0v) is 22.5. The SMILES string of the molecule is O=C(NN1C(=O)C(CNc2ccccc2)C(=O)N(c2ccccc2)C1=S)c1ccc(N=Cc2ccccc2O)cc1. The normalized spacial score (nSPS) is 15.3. The quantitative estimate of drug-likeness (QED) is 0.163. The van der Waals surface area contributed by atoms with Gasteiger partial charge >= 0.3 is 0 Å². The van der Waals surface area contributed by atoms with Crippen molar-refractivity contribution in [2.45, 2.75) is 0 Å². The predicted octanol–water partition coefficient (Wildman–Crippen LogP) is 4.68. The van der Waals surface area contributed by atoms with Crippen molar-refractivity contribution in [2.24, 2.45) is 10.9 Å². The summed E-state index contributed by atoms with van der Waals surface area (Å²) < 4.78 is 0. The second-order valence-corrected chi connectivity index (χ2v) is 9.43. The Hall–Kier alpha value is -5.35. The molecule has 0 aliphatic carbocycles. The number of rotatable bonds is 8. The van der Waals surface area contributed by atoms with E-state index in [-0.39, 0.29) is 23.0 Å². The number of carbonyl (C=O) groups is 3.